The van der Waals surface area contributed by atoms with Crippen LogP contribution in [0.25, 0.3) is 0 Å². The summed E-state index contributed by atoms with van der Waals surface area (Å²) in [6.07, 6.45) is 1.48. The van der Waals surface area contributed by atoms with Crippen LogP contribution in [0.3, 0.4) is 0 Å². The number of rotatable bonds is 4. The second-order valence-corrected chi connectivity index (χ2v) is 6.39. The van der Waals surface area contributed by atoms with Crippen molar-refractivity contribution in [2.75, 3.05) is 13.2 Å². The van der Waals surface area contributed by atoms with Crippen LogP contribution in [0.1, 0.15) is 36.2 Å². The van der Waals surface area contributed by atoms with E-state index in [1.165, 1.54) is 0 Å². The number of Topliss-reactive ketones (excluding diaryl/α,β-unsaturated/α-hetero) is 1. The van der Waals surface area contributed by atoms with Crippen molar-refractivity contribution in [1.82, 2.24) is 0 Å². The monoisotopic (exact) mass is 358 g/mol. The van der Waals surface area contributed by atoms with Gasteiger partial charge in [0, 0.05) is 12.0 Å². The minimum absolute atomic E-state index is 0.160. The molecule has 0 saturated carbocycles. The molecular weight excluding hydrogens is 336 g/mol. The molecule has 0 radical (unpaired) electrons. The van der Waals surface area contributed by atoms with E-state index in [1.54, 1.807) is 32.1 Å². The molecule has 1 aliphatic carbocycles. The first-order chi connectivity index (χ1) is 12.5. The Morgan fingerprint density at radius 1 is 1.19 bits per heavy atom. The molecule has 3 atom stereocenters. The fraction of sp³-hybridized carbons (Fsp3) is 0.450. The number of benzene rings is 1. The Labute approximate surface area is 152 Å². The number of esters is 2. The van der Waals surface area contributed by atoms with Crippen LogP contribution in [0.4, 0.5) is 0 Å². The van der Waals surface area contributed by atoms with Gasteiger partial charge >= 0.3 is 11.9 Å². The molecule has 1 aliphatic heterocycles. The highest BCUT2D eigenvalue weighted by atomic mass is 16.5. The molecule has 6 nitrogen and oxygen atoms in total. The van der Waals surface area contributed by atoms with Gasteiger partial charge in [0.2, 0.25) is 0 Å². The maximum Gasteiger partial charge on any atom is 0.334 e. The molecule has 0 unspecified atom stereocenters. The van der Waals surface area contributed by atoms with Gasteiger partial charge in [0.25, 0.3) is 0 Å². The molecule has 0 spiro atoms. The number of ether oxygens (including phenoxy) is 3. The summed E-state index contributed by atoms with van der Waals surface area (Å²) in [5, 5.41) is 0. The Bertz CT molecular complexity index is 779. The van der Waals surface area contributed by atoms with Crippen LogP contribution in [0.2, 0.25) is 0 Å². The van der Waals surface area contributed by atoms with E-state index in [2.05, 4.69) is 0 Å². The Kier molecular flexibility index (Phi) is 5.11. The van der Waals surface area contributed by atoms with Crippen LogP contribution in [0, 0.1) is 18.8 Å². The Morgan fingerprint density at radius 2 is 1.92 bits per heavy atom. The third kappa shape index (κ3) is 3.11. The molecule has 0 aromatic heterocycles. The van der Waals surface area contributed by atoms with Crippen LogP contribution in [0.5, 0.6) is 5.75 Å². The molecule has 26 heavy (non-hydrogen) atoms. The predicted molar refractivity (Wildman–Crippen MR) is 92.9 cm³/mol. The van der Waals surface area contributed by atoms with Gasteiger partial charge in [0.15, 0.2) is 5.78 Å². The van der Waals surface area contributed by atoms with Crippen LogP contribution in [-0.4, -0.2) is 37.0 Å². The molecule has 0 bridgehead atoms. The molecule has 0 fully saturated rings. The summed E-state index contributed by atoms with van der Waals surface area (Å²) in [6, 6.07) is 5.39. The van der Waals surface area contributed by atoms with Gasteiger partial charge in [0.1, 0.15) is 17.8 Å². The quantitative estimate of drug-likeness (QED) is 0.770. The van der Waals surface area contributed by atoms with Crippen molar-refractivity contribution in [1.29, 1.82) is 0 Å². The Morgan fingerprint density at radius 3 is 2.62 bits per heavy atom. The third-order valence-electron chi connectivity index (χ3n) is 4.70. The predicted octanol–water partition coefficient (Wildman–Crippen LogP) is 2.63. The van der Waals surface area contributed by atoms with Crippen LogP contribution < -0.4 is 4.74 Å². The number of carbonyl (C=O) groups is 3. The number of carbonyl (C=O) groups excluding carboxylic acids is 3. The second kappa shape index (κ2) is 7.32. The summed E-state index contributed by atoms with van der Waals surface area (Å²) in [7, 11) is 0. The van der Waals surface area contributed by atoms with Gasteiger partial charge in [-0.3, -0.25) is 9.59 Å². The molecule has 2 aliphatic rings. The topological polar surface area (TPSA) is 78.9 Å². The third-order valence-corrected chi connectivity index (χ3v) is 4.70. The molecular formula is C20H22O6. The van der Waals surface area contributed by atoms with Gasteiger partial charge in [-0.1, -0.05) is 17.7 Å². The van der Waals surface area contributed by atoms with Crippen LogP contribution in [0.15, 0.2) is 29.8 Å². The summed E-state index contributed by atoms with van der Waals surface area (Å²) >= 11 is 0. The lowest BCUT2D eigenvalue weighted by molar-refractivity contribution is -0.153. The van der Waals surface area contributed by atoms with Crippen molar-refractivity contribution in [3.63, 3.8) is 0 Å². The molecule has 6 heteroatoms. The standard InChI is InChI=1S/C20H22O6/c1-4-24-19(22)12-7-9-15-17(16(12)20(23)25-5-2)18(21)13-10-11(3)6-8-14(13)26-15/h6-8,10,15-17H,4-5,9H2,1-3H3/t15-,16-,17+/m1/s1. The number of fused-ring (bicyclic) bond motifs is 2. The van der Waals surface area contributed by atoms with Gasteiger partial charge in [-0.2, -0.15) is 0 Å². The first-order valence-electron chi connectivity index (χ1n) is 8.83. The largest absolute Gasteiger partial charge is 0.489 e. The van der Waals surface area contributed by atoms with Crippen molar-refractivity contribution >= 4 is 17.7 Å². The Balaban J connectivity index is 2.04. The molecule has 1 aromatic carbocycles. The SMILES string of the molecule is CCOC(=O)C1=CC[C@H]2Oc3ccc(C)cc3C(=O)[C@@H]2[C@@H]1C(=O)OCC. The van der Waals surface area contributed by atoms with E-state index in [4.69, 9.17) is 14.2 Å². The van der Waals surface area contributed by atoms with Gasteiger partial charge in [-0.15, -0.1) is 0 Å². The van der Waals surface area contributed by atoms with Crippen molar-refractivity contribution in [2.45, 2.75) is 33.3 Å². The van der Waals surface area contributed by atoms with E-state index in [9.17, 15) is 14.4 Å². The molecule has 138 valence electrons. The molecule has 0 saturated heterocycles. The summed E-state index contributed by atoms with van der Waals surface area (Å²) in [4.78, 5) is 38.1. The lowest BCUT2D eigenvalue weighted by atomic mass is 9.71. The van der Waals surface area contributed by atoms with E-state index in [1.807, 2.05) is 13.0 Å². The van der Waals surface area contributed by atoms with Gasteiger partial charge in [0.05, 0.1) is 24.7 Å². The first-order valence-corrected chi connectivity index (χ1v) is 8.83. The maximum atomic E-state index is 13.2. The first kappa shape index (κ1) is 18.2. The van der Waals surface area contributed by atoms with Crippen LogP contribution >= 0.6 is 0 Å². The van der Waals surface area contributed by atoms with Gasteiger partial charge < -0.3 is 14.2 Å². The lowest BCUT2D eigenvalue weighted by Crippen LogP contribution is -2.49. The van der Waals surface area contributed by atoms with Crippen molar-refractivity contribution in [2.24, 2.45) is 11.8 Å². The number of aryl methyl sites for hydroxylation is 1. The number of ketones is 1. The summed E-state index contributed by atoms with van der Waals surface area (Å²) in [5.74, 6) is -2.70. The number of hydrogen-bond donors (Lipinski definition) is 0. The highest BCUT2D eigenvalue weighted by molar-refractivity contribution is 6.07. The molecule has 3 rings (SSSR count). The van der Waals surface area contributed by atoms with E-state index >= 15 is 0 Å². The van der Waals surface area contributed by atoms with Gasteiger partial charge in [-0.05, 0) is 32.9 Å². The molecule has 0 N–H and O–H groups in total. The van der Waals surface area contributed by atoms with E-state index in [0.717, 1.165) is 5.56 Å². The Hall–Kier alpha value is -2.63. The van der Waals surface area contributed by atoms with Gasteiger partial charge in [-0.25, -0.2) is 4.79 Å². The molecule has 1 heterocycles. The summed E-state index contributed by atoms with van der Waals surface area (Å²) < 4.78 is 16.2. The zero-order chi connectivity index (χ0) is 18.8. The smallest absolute Gasteiger partial charge is 0.334 e. The summed E-state index contributed by atoms with van der Waals surface area (Å²) in [6.45, 7) is 5.61. The maximum absolute atomic E-state index is 13.2. The fourth-order valence-corrected chi connectivity index (χ4v) is 3.58. The summed E-state index contributed by atoms with van der Waals surface area (Å²) in [5.41, 5.74) is 1.54. The average Bonchev–Trinajstić information content (AvgIpc) is 2.62. The van der Waals surface area contributed by atoms with E-state index in [-0.39, 0.29) is 24.6 Å². The zero-order valence-electron chi connectivity index (χ0n) is 15.1. The van der Waals surface area contributed by atoms with Crippen LogP contribution in [-0.2, 0) is 19.1 Å². The molecule has 1 aromatic rings. The number of hydrogen-bond acceptors (Lipinski definition) is 6. The molecule has 0 amide bonds. The minimum atomic E-state index is -1.02. The zero-order valence-corrected chi connectivity index (χ0v) is 15.1. The van der Waals surface area contributed by atoms with Crippen molar-refractivity contribution in [3.8, 4) is 5.75 Å². The van der Waals surface area contributed by atoms with Crippen molar-refractivity contribution < 1.29 is 28.6 Å². The van der Waals surface area contributed by atoms with E-state index < -0.39 is 29.9 Å². The average molecular weight is 358 g/mol. The highest BCUT2D eigenvalue weighted by Crippen LogP contribution is 2.42. The minimum Gasteiger partial charge on any atom is -0.489 e. The fourth-order valence-electron chi connectivity index (χ4n) is 3.58. The highest BCUT2D eigenvalue weighted by Gasteiger charge is 2.50. The van der Waals surface area contributed by atoms with E-state index in [0.29, 0.717) is 17.7 Å². The lowest BCUT2D eigenvalue weighted by Gasteiger charge is -2.39. The normalized spacial score (nSPS) is 23.9. The van der Waals surface area contributed by atoms with Crippen molar-refractivity contribution in [3.05, 3.63) is 41.0 Å². The second-order valence-electron chi connectivity index (χ2n) is 6.39.